The predicted molar refractivity (Wildman–Crippen MR) is 95.6 cm³/mol. The van der Waals surface area contributed by atoms with Crippen LogP contribution in [0.25, 0.3) is 6.08 Å². The third-order valence-electron chi connectivity index (χ3n) is 3.25. The van der Waals surface area contributed by atoms with Crippen molar-refractivity contribution in [3.05, 3.63) is 29.8 Å². The van der Waals surface area contributed by atoms with E-state index in [9.17, 15) is 14.4 Å². The number of hydrogen-bond acceptors (Lipinski definition) is 7. The van der Waals surface area contributed by atoms with E-state index in [1.165, 1.54) is 13.2 Å². The first-order valence-electron chi connectivity index (χ1n) is 7.95. The summed E-state index contributed by atoms with van der Waals surface area (Å²) in [7, 11) is 1.45. The van der Waals surface area contributed by atoms with Crippen molar-refractivity contribution < 1.29 is 28.6 Å². The minimum atomic E-state index is -1.16. The van der Waals surface area contributed by atoms with Crippen LogP contribution in [0, 0.1) is 17.2 Å². The highest BCUT2D eigenvalue weighted by molar-refractivity contribution is 5.97. The van der Waals surface area contributed by atoms with E-state index in [-0.39, 0.29) is 12.5 Å². The standard InChI is InChI=1S/C18H21N3O6/c1-11(2)16(17(23)21-18(20)24)27-15(22)7-5-12-4-6-13(26-9-8-19)14(10-12)25-3/h4-7,10-11,16H,9H2,1-3H3,(H3,20,21,23,24)/b7-5+/t16-/m1/s1. The lowest BCUT2D eigenvalue weighted by Crippen LogP contribution is -2.45. The van der Waals surface area contributed by atoms with Crippen LogP contribution in [0.1, 0.15) is 19.4 Å². The lowest BCUT2D eigenvalue weighted by Gasteiger charge is -2.18. The van der Waals surface area contributed by atoms with Gasteiger partial charge in [0.15, 0.2) is 24.2 Å². The molecule has 0 aliphatic rings. The van der Waals surface area contributed by atoms with Gasteiger partial charge < -0.3 is 19.9 Å². The summed E-state index contributed by atoms with van der Waals surface area (Å²) in [5.41, 5.74) is 5.51. The summed E-state index contributed by atoms with van der Waals surface area (Å²) in [6.45, 7) is 3.20. The minimum absolute atomic E-state index is 0.123. The second-order valence-electron chi connectivity index (χ2n) is 5.65. The van der Waals surface area contributed by atoms with Crippen molar-refractivity contribution >= 4 is 24.0 Å². The highest BCUT2D eigenvalue weighted by Gasteiger charge is 2.26. The molecule has 0 bridgehead atoms. The van der Waals surface area contributed by atoms with Gasteiger partial charge in [-0.25, -0.2) is 9.59 Å². The molecule has 0 aliphatic carbocycles. The molecule has 0 saturated carbocycles. The van der Waals surface area contributed by atoms with Gasteiger partial charge in [-0.2, -0.15) is 5.26 Å². The Morgan fingerprint density at radius 3 is 2.56 bits per heavy atom. The molecule has 1 rings (SSSR count). The van der Waals surface area contributed by atoms with E-state index in [1.54, 1.807) is 32.0 Å². The van der Waals surface area contributed by atoms with Gasteiger partial charge in [-0.15, -0.1) is 0 Å². The molecule has 0 fully saturated rings. The molecule has 0 spiro atoms. The summed E-state index contributed by atoms with van der Waals surface area (Å²) in [6, 6.07) is 5.69. The second-order valence-corrected chi connectivity index (χ2v) is 5.65. The smallest absolute Gasteiger partial charge is 0.331 e. The van der Waals surface area contributed by atoms with Gasteiger partial charge in [0.05, 0.1) is 7.11 Å². The molecule has 1 atom stereocenters. The van der Waals surface area contributed by atoms with Gasteiger partial charge in [0.2, 0.25) is 0 Å². The summed E-state index contributed by atoms with van der Waals surface area (Å²) in [4.78, 5) is 34.6. The van der Waals surface area contributed by atoms with Gasteiger partial charge in [0.1, 0.15) is 6.07 Å². The normalized spacial score (nSPS) is 11.5. The van der Waals surface area contributed by atoms with Gasteiger partial charge in [-0.3, -0.25) is 10.1 Å². The van der Waals surface area contributed by atoms with Crippen LogP contribution >= 0.6 is 0 Å². The van der Waals surface area contributed by atoms with E-state index in [4.69, 9.17) is 25.2 Å². The average molecular weight is 375 g/mol. The number of carbonyl (C=O) groups excluding carboxylic acids is 3. The zero-order valence-electron chi connectivity index (χ0n) is 15.2. The van der Waals surface area contributed by atoms with E-state index in [1.807, 2.05) is 11.4 Å². The largest absolute Gasteiger partial charge is 0.493 e. The zero-order chi connectivity index (χ0) is 20.4. The quantitative estimate of drug-likeness (QED) is 0.516. The number of nitriles is 1. The Balaban J connectivity index is 2.83. The molecule has 0 unspecified atom stereocenters. The van der Waals surface area contributed by atoms with E-state index >= 15 is 0 Å². The molecule has 1 aromatic carbocycles. The fourth-order valence-electron chi connectivity index (χ4n) is 2.03. The first-order valence-corrected chi connectivity index (χ1v) is 7.95. The van der Waals surface area contributed by atoms with E-state index in [0.717, 1.165) is 6.08 Å². The monoisotopic (exact) mass is 375 g/mol. The predicted octanol–water partition coefficient (Wildman–Crippen LogP) is 1.37. The third-order valence-corrected chi connectivity index (χ3v) is 3.25. The van der Waals surface area contributed by atoms with Gasteiger partial charge in [-0.1, -0.05) is 19.9 Å². The number of carbonyl (C=O) groups is 3. The van der Waals surface area contributed by atoms with Crippen molar-refractivity contribution in [2.24, 2.45) is 11.7 Å². The molecule has 27 heavy (non-hydrogen) atoms. The fourth-order valence-corrected chi connectivity index (χ4v) is 2.03. The molecule has 0 radical (unpaired) electrons. The van der Waals surface area contributed by atoms with Crippen LogP contribution in [-0.4, -0.2) is 37.7 Å². The molecule has 0 heterocycles. The molecule has 9 heteroatoms. The molecule has 3 N–H and O–H groups in total. The van der Waals surface area contributed by atoms with E-state index in [2.05, 4.69) is 0 Å². The molecule has 0 saturated heterocycles. The number of rotatable bonds is 8. The van der Waals surface area contributed by atoms with Crippen molar-refractivity contribution in [2.75, 3.05) is 13.7 Å². The van der Waals surface area contributed by atoms with Gasteiger partial charge in [0, 0.05) is 6.08 Å². The van der Waals surface area contributed by atoms with Crippen LogP contribution in [0.2, 0.25) is 0 Å². The lowest BCUT2D eigenvalue weighted by molar-refractivity contribution is -0.153. The number of nitrogens with zero attached hydrogens (tertiary/aromatic N) is 1. The summed E-state index contributed by atoms with van der Waals surface area (Å²) < 4.78 is 15.5. The van der Waals surface area contributed by atoms with Crippen LogP contribution in [0.3, 0.4) is 0 Å². The molecular formula is C18H21N3O6. The SMILES string of the molecule is COc1cc(/C=C/C(=O)O[C@@H](C(=O)NC(N)=O)C(C)C)ccc1OCC#N. The maximum absolute atomic E-state index is 12.0. The van der Waals surface area contributed by atoms with Crippen molar-refractivity contribution in [1.29, 1.82) is 5.26 Å². The Morgan fingerprint density at radius 2 is 2.00 bits per heavy atom. The average Bonchev–Trinajstić information content (AvgIpc) is 2.61. The van der Waals surface area contributed by atoms with Crippen LogP contribution in [0.15, 0.2) is 24.3 Å². The lowest BCUT2D eigenvalue weighted by atomic mass is 10.1. The fraction of sp³-hybridized carbons (Fsp3) is 0.333. The molecular weight excluding hydrogens is 354 g/mol. The molecule has 144 valence electrons. The third kappa shape index (κ3) is 7.07. The summed E-state index contributed by atoms with van der Waals surface area (Å²) in [6.07, 6.45) is 1.44. The maximum atomic E-state index is 12.0. The minimum Gasteiger partial charge on any atom is -0.493 e. The van der Waals surface area contributed by atoms with Crippen LogP contribution in [0.4, 0.5) is 4.79 Å². The number of benzene rings is 1. The molecule has 0 aliphatic heterocycles. The number of methoxy groups -OCH3 is 1. The maximum Gasteiger partial charge on any atom is 0.331 e. The Morgan fingerprint density at radius 1 is 1.30 bits per heavy atom. The number of hydrogen-bond donors (Lipinski definition) is 2. The summed E-state index contributed by atoms with van der Waals surface area (Å²) in [5, 5.41) is 10.4. The Hall–Kier alpha value is -3.54. The number of imide groups is 1. The Bertz CT molecular complexity index is 767. The zero-order valence-corrected chi connectivity index (χ0v) is 15.2. The Kier molecular flexibility index (Phi) is 8.32. The highest BCUT2D eigenvalue weighted by Crippen LogP contribution is 2.28. The number of amides is 3. The molecule has 1 aromatic rings. The van der Waals surface area contributed by atoms with Crippen LogP contribution in [0.5, 0.6) is 11.5 Å². The van der Waals surface area contributed by atoms with E-state index < -0.39 is 24.0 Å². The molecule has 9 nitrogen and oxygen atoms in total. The second kappa shape index (κ2) is 10.5. The Labute approximate surface area is 156 Å². The number of nitrogens with two attached hydrogens (primary N) is 1. The van der Waals surface area contributed by atoms with Gasteiger partial charge in [0.25, 0.3) is 5.91 Å². The van der Waals surface area contributed by atoms with Gasteiger partial charge in [-0.05, 0) is 29.7 Å². The van der Waals surface area contributed by atoms with E-state index in [0.29, 0.717) is 17.1 Å². The molecule has 3 amide bonds. The summed E-state index contributed by atoms with van der Waals surface area (Å²) >= 11 is 0. The number of ether oxygens (including phenoxy) is 3. The topological polar surface area (TPSA) is 141 Å². The first-order chi connectivity index (χ1) is 12.8. The van der Waals surface area contributed by atoms with Crippen molar-refractivity contribution in [2.45, 2.75) is 20.0 Å². The number of urea groups is 1. The summed E-state index contributed by atoms with van der Waals surface area (Å²) in [5.74, 6) is -1.14. The van der Waals surface area contributed by atoms with Crippen LogP contribution < -0.4 is 20.5 Å². The van der Waals surface area contributed by atoms with Crippen molar-refractivity contribution in [3.63, 3.8) is 0 Å². The van der Waals surface area contributed by atoms with Crippen molar-refractivity contribution in [3.8, 4) is 17.6 Å². The van der Waals surface area contributed by atoms with Crippen molar-refractivity contribution in [1.82, 2.24) is 5.32 Å². The number of nitrogens with one attached hydrogen (secondary N) is 1. The molecule has 0 aromatic heterocycles. The highest BCUT2D eigenvalue weighted by atomic mass is 16.5. The first kappa shape index (κ1) is 21.5. The number of esters is 1. The van der Waals surface area contributed by atoms with Gasteiger partial charge >= 0.3 is 12.0 Å². The van der Waals surface area contributed by atoms with Crippen LogP contribution in [-0.2, 0) is 14.3 Å². The number of primary amides is 1.